The van der Waals surface area contributed by atoms with Crippen LogP contribution in [0.1, 0.15) is 26.5 Å². The molecule has 1 heterocycles. The standard InChI is InChI=1S/C21H19ClN2O4/c22-17-8-6-15(7-9-17)20(25)23-11-12-24-21(26)19-16(10-13-27-19)14-28-18-4-2-1-3-5-18/h1-10,13H,11-12,14H2,(H,23,25)(H,24,26). The van der Waals surface area contributed by atoms with Gasteiger partial charge in [0.2, 0.25) is 0 Å². The summed E-state index contributed by atoms with van der Waals surface area (Å²) in [5.74, 6) is 0.304. The number of nitrogens with one attached hydrogen (secondary N) is 2. The van der Waals surface area contributed by atoms with Crippen LogP contribution in [0.5, 0.6) is 5.75 Å². The van der Waals surface area contributed by atoms with Crippen molar-refractivity contribution in [3.05, 3.63) is 88.8 Å². The molecule has 0 saturated heterocycles. The predicted octanol–water partition coefficient (Wildman–Crippen LogP) is 3.67. The summed E-state index contributed by atoms with van der Waals surface area (Å²) in [5.41, 5.74) is 1.15. The van der Waals surface area contributed by atoms with Crippen molar-refractivity contribution in [1.29, 1.82) is 0 Å². The minimum atomic E-state index is -0.364. The molecule has 7 heteroatoms. The van der Waals surface area contributed by atoms with Crippen LogP contribution in [-0.2, 0) is 6.61 Å². The molecule has 2 aromatic carbocycles. The van der Waals surface area contributed by atoms with E-state index in [1.54, 1.807) is 30.3 Å². The van der Waals surface area contributed by atoms with Crippen LogP contribution in [0.2, 0.25) is 5.02 Å². The Hall–Kier alpha value is -3.25. The average molecular weight is 399 g/mol. The molecular formula is C21H19ClN2O4. The molecule has 0 bridgehead atoms. The van der Waals surface area contributed by atoms with Crippen molar-refractivity contribution in [3.8, 4) is 5.75 Å². The van der Waals surface area contributed by atoms with Gasteiger partial charge in [-0.15, -0.1) is 0 Å². The van der Waals surface area contributed by atoms with Crippen LogP contribution in [-0.4, -0.2) is 24.9 Å². The summed E-state index contributed by atoms with van der Waals surface area (Å²) in [7, 11) is 0. The Balaban J connectivity index is 1.44. The molecule has 0 atom stereocenters. The number of hydrogen-bond acceptors (Lipinski definition) is 4. The second-order valence-corrected chi connectivity index (χ2v) is 6.33. The molecule has 0 aliphatic rings. The Labute approximate surface area is 167 Å². The van der Waals surface area contributed by atoms with E-state index in [0.29, 0.717) is 21.9 Å². The first-order chi connectivity index (χ1) is 13.6. The molecule has 2 N–H and O–H groups in total. The molecule has 3 rings (SSSR count). The van der Waals surface area contributed by atoms with Crippen LogP contribution in [0.4, 0.5) is 0 Å². The number of amides is 2. The van der Waals surface area contributed by atoms with Crippen LogP contribution >= 0.6 is 11.6 Å². The SMILES string of the molecule is O=C(NCCNC(=O)c1occc1COc1ccccc1)c1ccc(Cl)cc1. The van der Waals surface area contributed by atoms with Gasteiger partial charge in [0, 0.05) is 29.2 Å². The highest BCUT2D eigenvalue weighted by Gasteiger charge is 2.15. The molecule has 0 spiro atoms. The average Bonchev–Trinajstić information content (AvgIpc) is 3.19. The third-order valence-corrected chi connectivity index (χ3v) is 4.15. The number of halogens is 1. The smallest absolute Gasteiger partial charge is 0.287 e. The molecule has 0 saturated carbocycles. The zero-order valence-corrected chi connectivity index (χ0v) is 15.7. The summed E-state index contributed by atoms with van der Waals surface area (Å²) in [4.78, 5) is 24.3. The van der Waals surface area contributed by atoms with Crippen molar-refractivity contribution in [1.82, 2.24) is 10.6 Å². The Morgan fingerprint density at radius 1 is 0.893 bits per heavy atom. The fourth-order valence-corrected chi connectivity index (χ4v) is 2.59. The quantitative estimate of drug-likeness (QED) is 0.567. The van der Waals surface area contributed by atoms with Gasteiger partial charge in [-0.25, -0.2) is 0 Å². The number of para-hydroxylation sites is 1. The molecule has 28 heavy (non-hydrogen) atoms. The molecular weight excluding hydrogens is 380 g/mol. The summed E-state index contributed by atoms with van der Waals surface area (Å²) in [6.07, 6.45) is 1.45. The summed E-state index contributed by atoms with van der Waals surface area (Å²) >= 11 is 5.80. The first kappa shape index (κ1) is 19.5. The van der Waals surface area contributed by atoms with Crippen LogP contribution in [0.15, 0.2) is 71.3 Å². The predicted molar refractivity (Wildman–Crippen MR) is 106 cm³/mol. The van der Waals surface area contributed by atoms with E-state index in [9.17, 15) is 9.59 Å². The van der Waals surface area contributed by atoms with Gasteiger partial charge in [-0.1, -0.05) is 29.8 Å². The largest absolute Gasteiger partial charge is 0.489 e. The Morgan fingerprint density at radius 3 is 2.29 bits per heavy atom. The topological polar surface area (TPSA) is 80.6 Å². The summed E-state index contributed by atoms with van der Waals surface area (Å²) in [6.45, 7) is 0.762. The highest BCUT2D eigenvalue weighted by atomic mass is 35.5. The van der Waals surface area contributed by atoms with Crippen LogP contribution in [0, 0.1) is 0 Å². The van der Waals surface area contributed by atoms with Crippen molar-refractivity contribution in [2.45, 2.75) is 6.61 Å². The van der Waals surface area contributed by atoms with Crippen molar-refractivity contribution >= 4 is 23.4 Å². The Morgan fingerprint density at radius 2 is 1.57 bits per heavy atom. The van der Waals surface area contributed by atoms with Gasteiger partial charge in [0.15, 0.2) is 5.76 Å². The lowest BCUT2D eigenvalue weighted by atomic mass is 10.2. The minimum Gasteiger partial charge on any atom is -0.489 e. The second-order valence-electron chi connectivity index (χ2n) is 5.90. The highest BCUT2D eigenvalue weighted by Crippen LogP contribution is 2.15. The van der Waals surface area contributed by atoms with Crippen LogP contribution in [0.3, 0.4) is 0 Å². The van der Waals surface area contributed by atoms with Crippen molar-refractivity contribution in [3.63, 3.8) is 0 Å². The molecule has 0 fully saturated rings. The van der Waals surface area contributed by atoms with Crippen LogP contribution in [0.25, 0.3) is 0 Å². The van der Waals surface area contributed by atoms with Crippen molar-refractivity contribution in [2.75, 3.05) is 13.1 Å². The number of benzene rings is 2. The molecule has 0 radical (unpaired) electrons. The first-order valence-electron chi connectivity index (χ1n) is 8.69. The Bertz CT molecular complexity index is 923. The second kappa shape index (κ2) is 9.62. The van der Waals surface area contributed by atoms with Gasteiger partial charge in [0.1, 0.15) is 12.4 Å². The monoisotopic (exact) mass is 398 g/mol. The molecule has 0 aliphatic heterocycles. The van der Waals surface area contributed by atoms with E-state index in [4.69, 9.17) is 20.8 Å². The third kappa shape index (κ3) is 5.37. The maximum Gasteiger partial charge on any atom is 0.287 e. The molecule has 0 aliphatic carbocycles. The molecule has 3 aromatic rings. The molecule has 0 unspecified atom stereocenters. The van der Waals surface area contributed by atoms with Gasteiger partial charge in [-0.2, -0.15) is 0 Å². The molecule has 2 amide bonds. The summed E-state index contributed by atoms with van der Waals surface area (Å²) in [6, 6.07) is 17.6. The lowest BCUT2D eigenvalue weighted by Crippen LogP contribution is -2.34. The normalized spacial score (nSPS) is 10.3. The highest BCUT2D eigenvalue weighted by molar-refractivity contribution is 6.30. The van der Waals surface area contributed by atoms with E-state index in [1.807, 2.05) is 30.3 Å². The van der Waals surface area contributed by atoms with E-state index in [2.05, 4.69) is 10.6 Å². The number of ether oxygens (including phenoxy) is 1. The van der Waals surface area contributed by atoms with Gasteiger partial charge < -0.3 is 19.8 Å². The van der Waals surface area contributed by atoms with Crippen molar-refractivity contribution in [2.24, 2.45) is 0 Å². The third-order valence-electron chi connectivity index (χ3n) is 3.89. The maximum absolute atomic E-state index is 12.3. The van der Waals surface area contributed by atoms with E-state index in [0.717, 1.165) is 0 Å². The van der Waals surface area contributed by atoms with Gasteiger partial charge >= 0.3 is 0 Å². The van der Waals surface area contributed by atoms with Crippen LogP contribution < -0.4 is 15.4 Å². The van der Waals surface area contributed by atoms with Gasteiger partial charge in [0.25, 0.3) is 11.8 Å². The zero-order valence-electron chi connectivity index (χ0n) is 15.0. The number of carbonyl (C=O) groups is 2. The number of carbonyl (C=O) groups excluding carboxylic acids is 2. The van der Waals surface area contributed by atoms with Gasteiger partial charge in [-0.3, -0.25) is 9.59 Å². The molecule has 6 nitrogen and oxygen atoms in total. The molecule has 144 valence electrons. The number of rotatable bonds is 8. The van der Waals surface area contributed by atoms with Gasteiger partial charge in [-0.05, 0) is 42.5 Å². The zero-order chi connectivity index (χ0) is 19.8. The van der Waals surface area contributed by atoms with E-state index in [-0.39, 0.29) is 37.3 Å². The lowest BCUT2D eigenvalue weighted by molar-refractivity contribution is 0.0908. The van der Waals surface area contributed by atoms with E-state index in [1.165, 1.54) is 6.26 Å². The molecule has 1 aromatic heterocycles. The van der Waals surface area contributed by atoms with Crippen molar-refractivity contribution < 1.29 is 18.7 Å². The first-order valence-corrected chi connectivity index (χ1v) is 9.07. The van der Waals surface area contributed by atoms with E-state index >= 15 is 0 Å². The lowest BCUT2D eigenvalue weighted by Gasteiger charge is -2.08. The maximum atomic E-state index is 12.3. The number of furan rings is 1. The minimum absolute atomic E-state index is 0.194. The summed E-state index contributed by atoms with van der Waals surface area (Å²) < 4.78 is 10.9. The summed E-state index contributed by atoms with van der Waals surface area (Å²) in [5, 5.41) is 6.01. The van der Waals surface area contributed by atoms with E-state index < -0.39 is 0 Å². The fraction of sp³-hybridized carbons (Fsp3) is 0.143. The fourth-order valence-electron chi connectivity index (χ4n) is 2.46. The Kier molecular flexibility index (Phi) is 6.70. The number of hydrogen-bond donors (Lipinski definition) is 2. The van der Waals surface area contributed by atoms with Gasteiger partial charge in [0.05, 0.1) is 6.26 Å².